The normalized spacial score (nSPS) is 18.6. The summed E-state index contributed by atoms with van der Waals surface area (Å²) in [4.78, 5) is 29.8. The van der Waals surface area contributed by atoms with Gasteiger partial charge in [0.05, 0.1) is 12.8 Å². The SMILES string of the molecule is O=C(O)Cn1ccc2cc(OCC3CCN(C(=O)C4CCCC4)CC3)cnc21. The average molecular weight is 385 g/mol. The first-order valence-corrected chi connectivity index (χ1v) is 10.2. The number of aliphatic carboxylic acids is 1. The number of carboxylic acids is 1. The second-order valence-corrected chi connectivity index (χ2v) is 7.98. The summed E-state index contributed by atoms with van der Waals surface area (Å²) in [5, 5.41) is 9.82. The van der Waals surface area contributed by atoms with Crippen LogP contribution in [0.25, 0.3) is 11.0 Å². The predicted octanol–water partition coefficient (Wildman–Crippen LogP) is 2.93. The zero-order valence-corrected chi connectivity index (χ0v) is 16.0. The minimum atomic E-state index is -0.891. The van der Waals surface area contributed by atoms with Gasteiger partial charge in [-0.1, -0.05) is 12.8 Å². The van der Waals surface area contributed by atoms with Crippen LogP contribution in [-0.4, -0.2) is 51.1 Å². The lowest BCUT2D eigenvalue weighted by molar-refractivity contribution is -0.138. The summed E-state index contributed by atoms with van der Waals surface area (Å²) < 4.78 is 7.56. The Morgan fingerprint density at radius 3 is 2.64 bits per heavy atom. The predicted molar refractivity (Wildman–Crippen MR) is 104 cm³/mol. The van der Waals surface area contributed by atoms with Gasteiger partial charge in [0.15, 0.2) is 0 Å². The average Bonchev–Trinajstić information content (AvgIpc) is 3.36. The van der Waals surface area contributed by atoms with Crippen molar-refractivity contribution < 1.29 is 19.4 Å². The smallest absolute Gasteiger partial charge is 0.323 e. The maximum atomic E-state index is 12.5. The highest BCUT2D eigenvalue weighted by Crippen LogP contribution is 2.29. The third-order valence-electron chi connectivity index (χ3n) is 6.00. The summed E-state index contributed by atoms with van der Waals surface area (Å²) in [6.45, 7) is 2.18. The summed E-state index contributed by atoms with van der Waals surface area (Å²) in [7, 11) is 0. The Kier molecular flexibility index (Phi) is 5.50. The number of aromatic nitrogens is 2. The Labute approximate surface area is 164 Å². The topological polar surface area (TPSA) is 84.7 Å². The van der Waals surface area contributed by atoms with Gasteiger partial charge in [-0.25, -0.2) is 4.98 Å². The van der Waals surface area contributed by atoms with E-state index < -0.39 is 5.97 Å². The molecule has 2 aromatic heterocycles. The monoisotopic (exact) mass is 385 g/mol. The molecular formula is C21H27N3O4. The second-order valence-electron chi connectivity index (χ2n) is 7.98. The molecule has 28 heavy (non-hydrogen) atoms. The van der Waals surface area contributed by atoms with Crippen LogP contribution in [0.5, 0.6) is 5.75 Å². The molecule has 2 aliphatic rings. The third kappa shape index (κ3) is 4.13. The van der Waals surface area contributed by atoms with E-state index in [0.717, 1.165) is 44.2 Å². The van der Waals surface area contributed by atoms with Gasteiger partial charge in [0, 0.05) is 30.6 Å². The van der Waals surface area contributed by atoms with Crippen molar-refractivity contribution in [1.82, 2.24) is 14.5 Å². The molecule has 0 spiro atoms. The van der Waals surface area contributed by atoms with Crippen molar-refractivity contribution in [3.63, 3.8) is 0 Å². The van der Waals surface area contributed by atoms with Crippen LogP contribution >= 0.6 is 0 Å². The summed E-state index contributed by atoms with van der Waals surface area (Å²) in [6, 6.07) is 3.75. The van der Waals surface area contributed by atoms with Gasteiger partial charge in [0.1, 0.15) is 17.9 Å². The van der Waals surface area contributed by atoms with Crippen LogP contribution in [0.3, 0.4) is 0 Å². The second kappa shape index (κ2) is 8.20. The molecule has 1 aliphatic carbocycles. The first kappa shape index (κ1) is 18.8. The van der Waals surface area contributed by atoms with Gasteiger partial charge in [0.25, 0.3) is 0 Å². The Bertz CT molecular complexity index is 848. The number of fused-ring (bicyclic) bond motifs is 1. The van der Waals surface area contributed by atoms with Crippen LogP contribution < -0.4 is 4.74 Å². The molecule has 2 fully saturated rings. The molecule has 0 radical (unpaired) electrons. The number of nitrogens with zero attached hydrogens (tertiary/aromatic N) is 3. The van der Waals surface area contributed by atoms with E-state index >= 15 is 0 Å². The Hall–Kier alpha value is -2.57. The van der Waals surface area contributed by atoms with Crippen molar-refractivity contribution >= 4 is 22.9 Å². The molecule has 4 rings (SSSR count). The maximum Gasteiger partial charge on any atom is 0.323 e. The highest BCUT2D eigenvalue weighted by molar-refractivity contribution is 5.80. The van der Waals surface area contributed by atoms with E-state index in [2.05, 4.69) is 4.98 Å². The summed E-state index contributed by atoms with van der Waals surface area (Å²) in [5.74, 6) is 0.874. The van der Waals surface area contributed by atoms with Crippen LogP contribution in [0.15, 0.2) is 24.5 Å². The molecule has 0 atom stereocenters. The minimum Gasteiger partial charge on any atom is -0.492 e. The summed E-state index contributed by atoms with van der Waals surface area (Å²) in [5.41, 5.74) is 0.647. The standard InChI is InChI=1S/C21H27N3O4/c25-19(26)13-24-10-7-17-11-18(12-22-20(17)24)28-14-15-5-8-23(9-6-15)21(27)16-3-1-2-4-16/h7,10-12,15-16H,1-6,8-9,13-14H2,(H,25,26). The van der Waals surface area contributed by atoms with Gasteiger partial charge in [-0.2, -0.15) is 0 Å². The number of hydrogen-bond donors (Lipinski definition) is 1. The van der Waals surface area contributed by atoms with Crippen LogP contribution in [-0.2, 0) is 16.1 Å². The van der Waals surface area contributed by atoms with Gasteiger partial charge in [-0.15, -0.1) is 0 Å². The molecule has 1 aliphatic heterocycles. The molecule has 3 heterocycles. The van der Waals surface area contributed by atoms with E-state index in [4.69, 9.17) is 9.84 Å². The van der Waals surface area contributed by atoms with Gasteiger partial charge in [-0.05, 0) is 43.7 Å². The van der Waals surface area contributed by atoms with Crippen molar-refractivity contribution in [2.45, 2.75) is 45.1 Å². The first-order valence-electron chi connectivity index (χ1n) is 10.2. The van der Waals surface area contributed by atoms with Crippen LogP contribution in [0, 0.1) is 11.8 Å². The molecule has 7 heteroatoms. The molecule has 1 saturated carbocycles. The van der Waals surface area contributed by atoms with Crippen molar-refractivity contribution in [3.8, 4) is 5.75 Å². The van der Waals surface area contributed by atoms with E-state index in [9.17, 15) is 9.59 Å². The fourth-order valence-electron chi connectivity index (χ4n) is 4.38. The maximum absolute atomic E-state index is 12.5. The van der Waals surface area contributed by atoms with E-state index in [-0.39, 0.29) is 12.5 Å². The van der Waals surface area contributed by atoms with E-state index in [0.29, 0.717) is 29.8 Å². The van der Waals surface area contributed by atoms with E-state index in [1.165, 1.54) is 12.8 Å². The molecular weight excluding hydrogens is 358 g/mol. The number of carbonyl (C=O) groups is 2. The summed E-state index contributed by atoms with van der Waals surface area (Å²) in [6.07, 6.45) is 9.84. The number of pyridine rings is 1. The number of carbonyl (C=O) groups excluding carboxylic acids is 1. The first-order chi connectivity index (χ1) is 13.6. The number of ether oxygens (including phenoxy) is 1. The Morgan fingerprint density at radius 1 is 1.18 bits per heavy atom. The van der Waals surface area contributed by atoms with E-state index in [1.54, 1.807) is 17.0 Å². The highest BCUT2D eigenvalue weighted by Gasteiger charge is 2.30. The van der Waals surface area contributed by atoms with Crippen LogP contribution in [0.4, 0.5) is 0 Å². The zero-order valence-electron chi connectivity index (χ0n) is 16.0. The molecule has 150 valence electrons. The van der Waals surface area contributed by atoms with Gasteiger partial charge in [-0.3, -0.25) is 9.59 Å². The third-order valence-corrected chi connectivity index (χ3v) is 6.00. The van der Waals surface area contributed by atoms with Crippen LogP contribution in [0.2, 0.25) is 0 Å². The number of amides is 1. The van der Waals surface area contributed by atoms with E-state index in [1.807, 2.05) is 17.0 Å². The van der Waals surface area contributed by atoms with Gasteiger partial charge < -0.3 is 19.3 Å². The Morgan fingerprint density at radius 2 is 1.93 bits per heavy atom. The van der Waals surface area contributed by atoms with Crippen molar-refractivity contribution in [3.05, 3.63) is 24.5 Å². The lowest BCUT2D eigenvalue weighted by Gasteiger charge is -2.33. The largest absolute Gasteiger partial charge is 0.492 e. The zero-order chi connectivity index (χ0) is 19.5. The summed E-state index contributed by atoms with van der Waals surface area (Å²) >= 11 is 0. The number of likely N-dealkylation sites (tertiary alicyclic amines) is 1. The quantitative estimate of drug-likeness (QED) is 0.826. The Balaban J connectivity index is 1.28. The molecule has 1 amide bonds. The van der Waals surface area contributed by atoms with Crippen molar-refractivity contribution in [2.75, 3.05) is 19.7 Å². The number of carboxylic acid groups (broad SMARTS) is 1. The molecule has 0 unspecified atom stereocenters. The molecule has 1 saturated heterocycles. The highest BCUT2D eigenvalue weighted by atomic mass is 16.5. The molecule has 2 aromatic rings. The molecule has 7 nitrogen and oxygen atoms in total. The fourth-order valence-corrected chi connectivity index (χ4v) is 4.38. The van der Waals surface area contributed by atoms with Gasteiger partial charge >= 0.3 is 5.97 Å². The fraction of sp³-hybridized carbons (Fsp3) is 0.571. The van der Waals surface area contributed by atoms with Crippen molar-refractivity contribution in [1.29, 1.82) is 0 Å². The molecule has 0 aromatic carbocycles. The molecule has 1 N–H and O–H groups in total. The number of rotatable bonds is 6. The van der Waals surface area contributed by atoms with Gasteiger partial charge in [0.2, 0.25) is 5.91 Å². The number of piperidine rings is 1. The number of hydrogen-bond acceptors (Lipinski definition) is 4. The molecule has 0 bridgehead atoms. The lowest BCUT2D eigenvalue weighted by Crippen LogP contribution is -2.42. The minimum absolute atomic E-state index is 0.102. The lowest BCUT2D eigenvalue weighted by atomic mass is 9.96. The van der Waals surface area contributed by atoms with Crippen molar-refractivity contribution in [2.24, 2.45) is 11.8 Å². The van der Waals surface area contributed by atoms with Crippen LogP contribution in [0.1, 0.15) is 38.5 Å².